The number of likely N-dealkylation sites (N-methyl/N-ethyl adjacent to an activating group) is 1. The van der Waals surface area contributed by atoms with E-state index in [-0.39, 0.29) is 36.5 Å². The minimum absolute atomic E-state index is 0.0955. The third-order valence-corrected chi connectivity index (χ3v) is 14.6. The van der Waals surface area contributed by atoms with E-state index in [1.54, 1.807) is 23.9 Å². The molecule has 0 fully saturated rings. The van der Waals surface area contributed by atoms with Crippen LogP contribution in [0.3, 0.4) is 0 Å². The van der Waals surface area contributed by atoms with Gasteiger partial charge in [-0.05, 0) is 125 Å². The van der Waals surface area contributed by atoms with Crippen LogP contribution in [0.1, 0.15) is 77.3 Å². The number of fused-ring (bicyclic) bond motifs is 2. The number of benzene rings is 4. The minimum atomic E-state index is -0.207. The molecular weight excluding hydrogens is 1030 g/mol. The molecule has 19 heteroatoms. The van der Waals surface area contributed by atoms with Crippen LogP contribution in [0.15, 0.2) is 82.6 Å². The summed E-state index contributed by atoms with van der Waals surface area (Å²) in [4.78, 5) is 28.8. The Morgan fingerprint density at radius 2 is 1.03 bits per heavy atom. The number of halogens is 4. The van der Waals surface area contributed by atoms with Crippen molar-refractivity contribution in [3.05, 3.63) is 126 Å². The van der Waals surface area contributed by atoms with Crippen LogP contribution in [0.4, 0.5) is 0 Å². The molecule has 0 spiro atoms. The van der Waals surface area contributed by atoms with Gasteiger partial charge < -0.3 is 44.0 Å². The molecule has 0 bridgehead atoms. The summed E-state index contributed by atoms with van der Waals surface area (Å²) in [6.45, 7) is 11.4. The van der Waals surface area contributed by atoms with Gasteiger partial charge in [0.2, 0.25) is 11.8 Å². The lowest BCUT2D eigenvalue weighted by Gasteiger charge is -2.33. The normalized spacial score (nSPS) is 16.5. The molecule has 6 rings (SSSR count). The van der Waals surface area contributed by atoms with Gasteiger partial charge in [0.05, 0.1) is 79.3 Å². The molecule has 2 aliphatic rings. The van der Waals surface area contributed by atoms with Crippen molar-refractivity contribution in [1.82, 2.24) is 25.0 Å². The van der Waals surface area contributed by atoms with E-state index < -0.39 is 0 Å². The van der Waals surface area contributed by atoms with Gasteiger partial charge >= 0.3 is 0 Å². The van der Waals surface area contributed by atoms with Crippen molar-refractivity contribution in [2.45, 2.75) is 60.3 Å². The van der Waals surface area contributed by atoms with Gasteiger partial charge in [-0.3, -0.25) is 19.0 Å². The summed E-state index contributed by atoms with van der Waals surface area (Å²) in [5.74, 6) is 0.444. The fourth-order valence-corrected chi connectivity index (χ4v) is 11.2. The second-order valence-electron chi connectivity index (χ2n) is 17.3. The number of nitrogens with zero attached hydrogens (tertiary/aromatic N) is 1. The first-order valence-corrected chi connectivity index (χ1v) is 27.3. The first-order valence-electron chi connectivity index (χ1n) is 24.2. The second kappa shape index (κ2) is 31.9. The lowest BCUT2D eigenvalue weighted by Crippen LogP contribution is -2.31. The van der Waals surface area contributed by atoms with Crippen LogP contribution >= 0.6 is 70.3 Å². The highest BCUT2D eigenvalue weighted by Gasteiger charge is 2.32. The summed E-state index contributed by atoms with van der Waals surface area (Å²) >= 11 is 29.0. The first-order chi connectivity index (χ1) is 34.5. The first kappa shape index (κ1) is 57.6. The van der Waals surface area contributed by atoms with Crippen LogP contribution in [0.5, 0.6) is 0 Å². The number of ether oxygens (including phenoxy) is 6. The van der Waals surface area contributed by atoms with Gasteiger partial charge in [0.1, 0.15) is 0 Å². The summed E-state index contributed by atoms with van der Waals surface area (Å²) in [5.41, 5.74) is 7.28. The Hall–Kier alpha value is -2.68. The number of nitrogens with one attached hydrogen (secondary N) is 4. The van der Waals surface area contributed by atoms with E-state index >= 15 is 0 Å². The largest absolute Gasteiger partial charge is 0.378 e. The van der Waals surface area contributed by atoms with Crippen LogP contribution in [0.25, 0.3) is 0 Å². The van der Waals surface area contributed by atoms with Crippen molar-refractivity contribution >= 4 is 82.1 Å². The molecule has 0 aromatic heterocycles. The van der Waals surface area contributed by atoms with Crippen molar-refractivity contribution in [2.24, 2.45) is 0 Å². The average Bonchev–Trinajstić information content (AvgIpc) is 3.69. The molecule has 0 saturated heterocycles. The summed E-state index contributed by atoms with van der Waals surface area (Å²) in [6.07, 6.45) is 1.21. The summed E-state index contributed by atoms with van der Waals surface area (Å²) in [6, 6.07) is 24.9. The van der Waals surface area contributed by atoms with Crippen LogP contribution in [0.2, 0.25) is 20.1 Å². The van der Waals surface area contributed by atoms with Crippen molar-refractivity contribution in [2.75, 3.05) is 119 Å². The molecule has 388 valence electrons. The van der Waals surface area contributed by atoms with Crippen molar-refractivity contribution < 1.29 is 38.0 Å². The highest BCUT2D eigenvalue weighted by Crippen LogP contribution is 2.49. The third-order valence-electron chi connectivity index (χ3n) is 11.9. The molecule has 4 N–H and O–H groups in total. The zero-order chi connectivity index (χ0) is 50.2. The maximum Gasteiger partial charge on any atom is 0.220 e. The maximum absolute atomic E-state index is 12.1. The van der Waals surface area contributed by atoms with Gasteiger partial charge in [-0.1, -0.05) is 77.6 Å². The van der Waals surface area contributed by atoms with Crippen LogP contribution in [0, 0.1) is 0 Å². The zero-order valence-corrected chi connectivity index (χ0v) is 45.2. The Balaban J connectivity index is 0.658. The number of rotatable bonds is 33. The Bertz CT molecular complexity index is 2290. The smallest absolute Gasteiger partial charge is 0.220 e. The molecule has 1 heterocycles. The monoisotopic (exact) mass is 1090 g/mol. The molecule has 4 aromatic rings. The molecule has 71 heavy (non-hydrogen) atoms. The minimum Gasteiger partial charge on any atom is -0.378 e. The van der Waals surface area contributed by atoms with Crippen molar-refractivity contribution in [3.63, 3.8) is 0 Å². The highest BCUT2D eigenvalue weighted by molar-refractivity contribution is 7.97. The molecule has 1 aliphatic heterocycles. The van der Waals surface area contributed by atoms with E-state index in [1.807, 2.05) is 18.2 Å². The van der Waals surface area contributed by atoms with E-state index in [4.69, 9.17) is 74.8 Å². The van der Waals surface area contributed by atoms with Crippen LogP contribution in [-0.4, -0.2) is 136 Å². The number of hydrogen-bond acceptors (Lipinski definition) is 13. The predicted molar refractivity (Wildman–Crippen MR) is 287 cm³/mol. The molecule has 0 radical (unpaired) electrons. The Morgan fingerprint density at radius 1 is 0.577 bits per heavy atom. The molecule has 13 nitrogen and oxygen atoms in total. The van der Waals surface area contributed by atoms with Crippen LogP contribution in [-0.2, 0) is 44.6 Å². The van der Waals surface area contributed by atoms with Gasteiger partial charge in [-0.25, -0.2) is 0 Å². The average molecular weight is 1100 g/mol. The number of carbonyl (C=O) groups excluding carboxylic acids is 2. The number of carbonyl (C=O) groups is 2. The van der Waals surface area contributed by atoms with Crippen LogP contribution < -0.4 is 20.1 Å². The molecule has 3 atom stereocenters. The van der Waals surface area contributed by atoms with E-state index in [0.717, 1.165) is 44.9 Å². The lowest BCUT2D eigenvalue weighted by molar-refractivity contribution is -0.126. The predicted octanol–water partition coefficient (Wildman–Crippen LogP) is 9.52. The van der Waals surface area contributed by atoms with E-state index in [0.29, 0.717) is 121 Å². The number of amides is 2. The number of hydrogen-bond donors (Lipinski definition) is 4. The molecular formula is C52H67Cl4N5O8S2. The Morgan fingerprint density at radius 3 is 1.55 bits per heavy atom. The molecule has 4 aromatic carbocycles. The van der Waals surface area contributed by atoms with E-state index in [1.165, 1.54) is 27.8 Å². The third kappa shape index (κ3) is 19.8. The standard InChI is InChI=1S/C52H67Cl4N5O8S2/c1-36-27-43(45-31-40(54)33-49(56)52(36)45)37-5-3-7-41(28-37)70-59-13-17-66-21-25-68-23-19-64-15-11-57-50(62)9-10-51(63)58-12-16-65-20-24-69-26-22-67-18-14-60-71-42-8-4-6-38(29-42)46-34-61(2)35-47-44(46)30-39(53)32-48(47)55/h3-8,28-33,36,43,46,59-60H,9-27,34-35H2,1-2H3,(H,57,62)(H,58,63). The highest BCUT2D eigenvalue weighted by atomic mass is 35.5. The van der Waals surface area contributed by atoms with Gasteiger partial charge in [0.25, 0.3) is 0 Å². The van der Waals surface area contributed by atoms with Crippen molar-refractivity contribution in [3.8, 4) is 0 Å². The molecule has 1 aliphatic carbocycles. The second-order valence-corrected chi connectivity index (χ2v) is 20.9. The molecule has 2 amide bonds. The molecule has 3 unspecified atom stereocenters. The van der Waals surface area contributed by atoms with Gasteiger partial charge in [-0.2, -0.15) is 0 Å². The lowest BCUT2D eigenvalue weighted by atomic mass is 9.85. The summed E-state index contributed by atoms with van der Waals surface area (Å²) in [7, 11) is 2.11. The fraction of sp³-hybridized carbons (Fsp3) is 0.500. The Kier molecular flexibility index (Phi) is 25.9. The quantitative estimate of drug-likeness (QED) is 0.0266. The van der Waals surface area contributed by atoms with E-state index in [9.17, 15) is 9.59 Å². The summed E-state index contributed by atoms with van der Waals surface area (Å²) < 4.78 is 40.4. The zero-order valence-electron chi connectivity index (χ0n) is 40.6. The topological polar surface area (TPSA) is 141 Å². The van der Waals surface area contributed by atoms with Crippen molar-refractivity contribution in [1.29, 1.82) is 0 Å². The Labute approximate surface area is 448 Å². The van der Waals surface area contributed by atoms with E-state index in [2.05, 4.69) is 93.5 Å². The van der Waals surface area contributed by atoms with Gasteiger partial charge in [0, 0.05) is 93.8 Å². The fourth-order valence-electron chi connectivity index (χ4n) is 8.56. The maximum atomic E-state index is 12.1. The van der Waals surface area contributed by atoms with Gasteiger partial charge in [0.15, 0.2) is 0 Å². The summed E-state index contributed by atoms with van der Waals surface area (Å²) in [5, 5.41) is 8.35. The SMILES string of the molecule is CC1CC(c2cccc(SNCCOCCOCCOCCNC(=O)CCC(=O)NCCOCCOCCOCCNSc3cccc(C4CN(C)Cc5c(Cl)cc(Cl)cc54)c3)c2)c2cc(Cl)cc(Cl)c21. The molecule has 0 saturated carbocycles. The van der Waals surface area contributed by atoms with Gasteiger partial charge in [-0.15, -0.1) is 0 Å².